The average molecular weight is 508 g/mol. The predicted molar refractivity (Wildman–Crippen MR) is 115 cm³/mol. The third-order valence-corrected chi connectivity index (χ3v) is 6.73. The number of pyridine rings is 1. The molecule has 7 nitrogen and oxygen atoms in total. The van der Waals surface area contributed by atoms with Gasteiger partial charge in [0.15, 0.2) is 0 Å². The van der Waals surface area contributed by atoms with Gasteiger partial charge in [-0.05, 0) is 35.0 Å². The number of aromatic nitrogens is 3. The Morgan fingerprint density at radius 3 is 2.62 bits per heavy atom. The van der Waals surface area contributed by atoms with Gasteiger partial charge in [0.05, 0.1) is 18.3 Å². The maximum absolute atomic E-state index is 12.4. The molecule has 2 aromatic rings. The highest BCUT2D eigenvalue weighted by molar-refractivity contribution is 14.2. The summed E-state index contributed by atoms with van der Waals surface area (Å²) in [6, 6.07) is 3.82. The third kappa shape index (κ3) is 4.13. The number of piperazine rings is 1. The molecule has 3 rings (SSSR count). The van der Waals surface area contributed by atoms with Gasteiger partial charge in [-0.2, -0.15) is 5.10 Å². The molecule has 1 unspecified atom stereocenters. The lowest BCUT2D eigenvalue weighted by molar-refractivity contribution is 0.248. The second-order valence-corrected chi connectivity index (χ2v) is 8.45. The van der Waals surface area contributed by atoms with Crippen molar-refractivity contribution >= 4 is 45.7 Å². The highest BCUT2D eigenvalue weighted by Crippen LogP contribution is 2.26. The van der Waals surface area contributed by atoms with Crippen molar-refractivity contribution in [2.24, 2.45) is 0 Å². The van der Waals surface area contributed by atoms with Crippen molar-refractivity contribution in [2.75, 3.05) is 31.1 Å². The van der Waals surface area contributed by atoms with Gasteiger partial charge in [0.1, 0.15) is 5.02 Å². The Morgan fingerprint density at radius 1 is 1.23 bits per heavy atom. The molecule has 2 aromatic heterocycles. The van der Waals surface area contributed by atoms with Crippen molar-refractivity contribution in [3.05, 3.63) is 55.8 Å². The van der Waals surface area contributed by atoms with Crippen LogP contribution in [0.25, 0.3) is 0 Å². The molecule has 1 fully saturated rings. The quantitative estimate of drug-likeness (QED) is 0.459. The normalized spacial score (nSPS) is 15.9. The summed E-state index contributed by atoms with van der Waals surface area (Å²) in [5.74, 6) is 0. The van der Waals surface area contributed by atoms with Crippen LogP contribution in [0, 0.1) is 0 Å². The van der Waals surface area contributed by atoms with E-state index in [2.05, 4.69) is 36.9 Å². The zero-order valence-electron chi connectivity index (χ0n) is 14.4. The minimum atomic E-state index is -0.247. The van der Waals surface area contributed by atoms with E-state index in [4.69, 9.17) is 11.6 Å². The van der Waals surface area contributed by atoms with Gasteiger partial charge >= 0.3 is 0 Å². The lowest BCUT2D eigenvalue weighted by Crippen LogP contribution is -2.47. The topological polar surface area (TPSA) is 63.4 Å². The van der Waals surface area contributed by atoms with E-state index in [1.165, 1.54) is 4.45 Å². The molecule has 0 bridgehead atoms. The minimum absolute atomic E-state index is 0.0768. The first-order valence-corrected chi connectivity index (χ1v) is 12.8. The lowest BCUT2D eigenvalue weighted by Gasteiger charge is -2.36. The van der Waals surface area contributed by atoms with Crippen LogP contribution < -0.4 is 16.0 Å². The molecule has 1 aliphatic heterocycles. The van der Waals surface area contributed by atoms with Crippen LogP contribution in [0.15, 0.2) is 34.1 Å². The van der Waals surface area contributed by atoms with Crippen molar-refractivity contribution < 1.29 is 0 Å². The molecule has 26 heavy (non-hydrogen) atoms. The number of halogens is 2. The first-order valence-electron chi connectivity index (χ1n) is 8.35. The molecule has 1 atom stereocenters. The summed E-state index contributed by atoms with van der Waals surface area (Å²) in [5, 5.41) is 4.40. The lowest BCUT2D eigenvalue weighted by atomic mass is 10.2. The van der Waals surface area contributed by atoms with Crippen LogP contribution in [0.2, 0.25) is 5.02 Å². The zero-order chi connectivity index (χ0) is 18.7. The van der Waals surface area contributed by atoms with Crippen LogP contribution >= 0.6 is 40.0 Å². The predicted octanol–water partition coefficient (Wildman–Crippen LogP) is 2.19. The van der Waals surface area contributed by atoms with E-state index < -0.39 is 0 Å². The monoisotopic (exact) mass is 507 g/mol. The summed E-state index contributed by atoms with van der Waals surface area (Å²) in [6.45, 7) is 6.36. The molecular formula is C16H20ClIN5O2P. The molecule has 1 aliphatic rings. The molecule has 0 spiro atoms. The maximum Gasteiger partial charge on any atom is 0.291 e. The Morgan fingerprint density at radius 2 is 1.96 bits per heavy atom. The Hall–Kier alpha value is -0.960. The van der Waals surface area contributed by atoms with E-state index in [9.17, 15) is 9.59 Å². The zero-order valence-corrected chi connectivity index (χ0v) is 18.3. The Labute approximate surface area is 171 Å². The minimum Gasteiger partial charge on any atom is -0.366 e. The Balaban J connectivity index is 1.68. The van der Waals surface area contributed by atoms with Crippen LogP contribution in [0.1, 0.15) is 12.5 Å². The van der Waals surface area contributed by atoms with Gasteiger partial charge in [0.2, 0.25) is 0 Å². The number of nitrogens with zero attached hydrogens (tertiary/aromatic N) is 5. The second kappa shape index (κ2) is 8.82. The molecule has 3 heterocycles. The van der Waals surface area contributed by atoms with E-state index in [1.54, 1.807) is 10.8 Å². The van der Waals surface area contributed by atoms with Gasteiger partial charge in [-0.25, -0.2) is 4.45 Å². The van der Waals surface area contributed by atoms with E-state index in [1.807, 2.05) is 25.3 Å². The molecule has 140 valence electrons. The van der Waals surface area contributed by atoms with Crippen LogP contribution in [0.4, 0.5) is 5.69 Å². The first kappa shape index (κ1) is 19.8. The first-order chi connectivity index (χ1) is 12.5. The van der Waals surface area contributed by atoms with E-state index in [0.717, 1.165) is 31.7 Å². The molecule has 0 aliphatic carbocycles. The summed E-state index contributed by atoms with van der Waals surface area (Å²) in [7, 11) is 0. The third-order valence-electron chi connectivity index (χ3n) is 4.53. The number of hydrogen-bond donors (Lipinski definition) is 0. The van der Waals surface area contributed by atoms with Gasteiger partial charge in [-0.15, -0.1) is 0 Å². The second-order valence-electron chi connectivity index (χ2n) is 6.03. The molecule has 1 saturated heterocycles. The number of anilines is 1. The van der Waals surface area contributed by atoms with Crippen molar-refractivity contribution in [2.45, 2.75) is 20.0 Å². The fourth-order valence-corrected chi connectivity index (χ4v) is 4.69. The number of aryl methyl sites for hydroxylation is 1. The van der Waals surface area contributed by atoms with Crippen LogP contribution in [0.3, 0.4) is 0 Å². The molecular weight excluding hydrogens is 488 g/mol. The molecule has 0 amide bonds. The van der Waals surface area contributed by atoms with Gasteiger partial charge in [-0.1, -0.05) is 17.7 Å². The van der Waals surface area contributed by atoms with E-state index >= 15 is 0 Å². The Kier molecular flexibility index (Phi) is 6.71. The van der Waals surface area contributed by atoms with Crippen LogP contribution in [-0.2, 0) is 13.1 Å². The summed E-state index contributed by atoms with van der Waals surface area (Å²) in [6.07, 6.45) is 3.71. The summed E-state index contributed by atoms with van der Waals surface area (Å²) < 4.78 is 3.09. The van der Waals surface area contributed by atoms with E-state index in [0.29, 0.717) is 18.8 Å². The average Bonchev–Trinajstić information content (AvgIpc) is 2.66. The smallest absolute Gasteiger partial charge is 0.291 e. The summed E-state index contributed by atoms with van der Waals surface area (Å²) in [4.78, 5) is 28.9. The van der Waals surface area contributed by atoms with Gasteiger partial charge < -0.3 is 9.47 Å². The van der Waals surface area contributed by atoms with Crippen molar-refractivity contribution in [3.8, 4) is 0 Å². The molecule has 0 aromatic carbocycles. The SMILES string of the molecule is CCn1cccc(CN2CCN(c3cnn(PI)c(=O)c3Cl)CC2)c1=O. The molecule has 0 saturated carbocycles. The highest BCUT2D eigenvalue weighted by atomic mass is 127. The van der Waals surface area contributed by atoms with Crippen molar-refractivity contribution in [1.82, 2.24) is 19.0 Å². The van der Waals surface area contributed by atoms with Gasteiger partial charge in [-0.3, -0.25) is 14.5 Å². The molecule has 0 N–H and O–H groups in total. The fraction of sp³-hybridized carbons (Fsp3) is 0.438. The summed E-state index contributed by atoms with van der Waals surface area (Å²) in [5.41, 5.74) is 1.33. The maximum atomic E-state index is 12.4. The number of rotatable bonds is 5. The van der Waals surface area contributed by atoms with Crippen LogP contribution in [-0.4, -0.2) is 45.2 Å². The Bertz CT molecular complexity index is 895. The van der Waals surface area contributed by atoms with Gasteiger partial charge in [0, 0.05) is 51.0 Å². The highest BCUT2D eigenvalue weighted by Gasteiger charge is 2.22. The van der Waals surface area contributed by atoms with Crippen LogP contribution in [0.5, 0.6) is 0 Å². The standard InChI is InChI=1S/C16H20ClIN5O2P/c1-2-21-5-3-4-12(15(21)24)11-20-6-8-22(9-7-20)13-10-19-23(26-18)16(25)14(13)17/h3-5,10,26H,2,6-9,11H2,1H3. The van der Waals surface area contributed by atoms with E-state index in [-0.39, 0.29) is 22.5 Å². The summed E-state index contributed by atoms with van der Waals surface area (Å²) >= 11 is 8.36. The largest absolute Gasteiger partial charge is 0.366 e. The van der Waals surface area contributed by atoms with Crippen molar-refractivity contribution in [1.29, 1.82) is 0 Å². The number of hydrogen-bond acceptors (Lipinski definition) is 5. The van der Waals surface area contributed by atoms with Crippen molar-refractivity contribution in [3.63, 3.8) is 0 Å². The fourth-order valence-electron chi connectivity index (χ4n) is 3.05. The van der Waals surface area contributed by atoms with Gasteiger partial charge in [0.25, 0.3) is 11.1 Å². The molecule has 10 heteroatoms. The molecule has 0 radical (unpaired) electrons.